The summed E-state index contributed by atoms with van der Waals surface area (Å²) in [5.74, 6) is 3.23. The second kappa shape index (κ2) is 7.28. The van der Waals surface area contributed by atoms with Gasteiger partial charge in [0.15, 0.2) is 0 Å². The molecule has 4 aliphatic carbocycles. The maximum atomic E-state index is 12.1. The van der Waals surface area contributed by atoms with Gasteiger partial charge in [0.05, 0.1) is 19.8 Å². The van der Waals surface area contributed by atoms with Crippen LogP contribution in [0.15, 0.2) is 0 Å². The van der Waals surface area contributed by atoms with Crippen molar-refractivity contribution in [2.45, 2.75) is 44.9 Å². The van der Waals surface area contributed by atoms with E-state index >= 15 is 0 Å². The van der Waals surface area contributed by atoms with E-state index in [0.29, 0.717) is 12.0 Å². The van der Waals surface area contributed by atoms with Crippen LogP contribution in [-0.2, 0) is 9.53 Å². The highest BCUT2D eigenvalue weighted by Gasteiger charge is 2.50. The number of amides is 1. The molecule has 5 rings (SSSR count). The standard InChI is InChI=1S/C18H30N2O2.ClH/c21-17(13-20-3-5-22-6-4-20)19-2-1-18-10-14-7-15(11-18)9-16(8-14)12-18;/h14-16H,1-13H2,(H,19,21);1H. The van der Waals surface area contributed by atoms with Crippen LogP contribution in [0.4, 0.5) is 0 Å². The van der Waals surface area contributed by atoms with Gasteiger partial charge in [0.2, 0.25) is 5.91 Å². The summed E-state index contributed by atoms with van der Waals surface area (Å²) >= 11 is 0. The Morgan fingerprint density at radius 3 is 2.17 bits per heavy atom. The predicted octanol–water partition coefficient (Wildman–Crippen LogP) is 2.46. The molecule has 132 valence electrons. The lowest BCUT2D eigenvalue weighted by Crippen LogP contribution is -2.48. The van der Waals surface area contributed by atoms with E-state index in [4.69, 9.17) is 4.74 Å². The molecule has 5 fully saturated rings. The van der Waals surface area contributed by atoms with Crippen molar-refractivity contribution in [2.24, 2.45) is 23.2 Å². The van der Waals surface area contributed by atoms with Crippen LogP contribution in [0.3, 0.4) is 0 Å². The van der Waals surface area contributed by atoms with E-state index in [1.165, 1.54) is 44.9 Å². The van der Waals surface area contributed by atoms with Gasteiger partial charge >= 0.3 is 0 Å². The summed E-state index contributed by atoms with van der Waals surface area (Å²) in [6, 6.07) is 0. The van der Waals surface area contributed by atoms with Crippen LogP contribution in [0.5, 0.6) is 0 Å². The minimum atomic E-state index is 0. The lowest BCUT2D eigenvalue weighted by Gasteiger charge is -2.57. The third-order valence-corrected chi connectivity index (χ3v) is 6.61. The summed E-state index contributed by atoms with van der Waals surface area (Å²) in [6.07, 6.45) is 10.0. The van der Waals surface area contributed by atoms with Crippen molar-refractivity contribution < 1.29 is 9.53 Å². The normalized spacial score (nSPS) is 39.0. The maximum absolute atomic E-state index is 12.1. The second-order valence-corrected chi connectivity index (χ2v) is 8.41. The van der Waals surface area contributed by atoms with Crippen molar-refractivity contribution in [2.75, 3.05) is 39.4 Å². The van der Waals surface area contributed by atoms with Gasteiger partial charge in [0.1, 0.15) is 0 Å². The molecule has 1 heterocycles. The number of morpholine rings is 1. The molecule has 0 spiro atoms. The molecule has 0 atom stereocenters. The fraction of sp³-hybridized carbons (Fsp3) is 0.944. The monoisotopic (exact) mass is 342 g/mol. The molecule has 0 aromatic rings. The van der Waals surface area contributed by atoms with E-state index in [1.807, 2.05) is 0 Å². The fourth-order valence-corrected chi connectivity index (χ4v) is 6.08. The van der Waals surface area contributed by atoms with Gasteiger partial charge < -0.3 is 10.1 Å². The topological polar surface area (TPSA) is 41.6 Å². The molecule has 4 saturated carbocycles. The molecule has 1 amide bonds. The smallest absolute Gasteiger partial charge is 0.234 e. The molecular weight excluding hydrogens is 312 g/mol. The summed E-state index contributed by atoms with van der Waals surface area (Å²) < 4.78 is 5.33. The SMILES string of the molecule is Cl.O=C(CN1CCOCC1)NCCC12CC3CC(CC(C3)C1)C2. The van der Waals surface area contributed by atoms with Crippen LogP contribution >= 0.6 is 12.4 Å². The van der Waals surface area contributed by atoms with E-state index in [0.717, 1.165) is 50.6 Å². The molecule has 0 aromatic carbocycles. The highest BCUT2D eigenvalue weighted by atomic mass is 35.5. The van der Waals surface area contributed by atoms with Gasteiger partial charge in [0, 0.05) is 19.6 Å². The first-order valence-corrected chi connectivity index (χ1v) is 9.28. The Morgan fingerprint density at radius 2 is 1.61 bits per heavy atom. The lowest BCUT2D eigenvalue weighted by atomic mass is 9.49. The molecule has 23 heavy (non-hydrogen) atoms. The Hall–Kier alpha value is -0.320. The Bertz CT molecular complexity index is 388. The van der Waals surface area contributed by atoms with Crippen molar-refractivity contribution in [3.05, 3.63) is 0 Å². The number of carbonyl (C=O) groups excluding carboxylic acids is 1. The Kier molecular flexibility index (Phi) is 5.54. The van der Waals surface area contributed by atoms with Crippen LogP contribution in [-0.4, -0.2) is 50.2 Å². The highest BCUT2D eigenvalue weighted by Crippen LogP contribution is 2.61. The van der Waals surface area contributed by atoms with E-state index in [9.17, 15) is 4.79 Å². The zero-order chi connectivity index (χ0) is 15.0. The Balaban J connectivity index is 0.00000156. The minimum absolute atomic E-state index is 0. The second-order valence-electron chi connectivity index (χ2n) is 8.41. The van der Waals surface area contributed by atoms with Crippen LogP contribution in [0.25, 0.3) is 0 Å². The molecule has 5 aliphatic rings. The number of nitrogens with one attached hydrogen (secondary N) is 1. The summed E-state index contributed by atoms with van der Waals surface area (Å²) in [6.45, 7) is 4.74. The van der Waals surface area contributed by atoms with Crippen molar-refractivity contribution in [3.63, 3.8) is 0 Å². The lowest BCUT2D eigenvalue weighted by molar-refractivity contribution is -0.123. The summed E-state index contributed by atoms with van der Waals surface area (Å²) in [7, 11) is 0. The average molecular weight is 343 g/mol. The number of rotatable bonds is 5. The minimum Gasteiger partial charge on any atom is -0.379 e. The van der Waals surface area contributed by atoms with E-state index < -0.39 is 0 Å². The van der Waals surface area contributed by atoms with Crippen molar-refractivity contribution in [1.29, 1.82) is 0 Å². The molecule has 0 aromatic heterocycles. The van der Waals surface area contributed by atoms with Crippen LogP contribution in [0.2, 0.25) is 0 Å². The van der Waals surface area contributed by atoms with Gasteiger partial charge in [0.25, 0.3) is 0 Å². The number of nitrogens with zero attached hydrogens (tertiary/aromatic N) is 1. The summed E-state index contributed by atoms with van der Waals surface area (Å²) in [5.41, 5.74) is 0.584. The molecule has 1 saturated heterocycles. The zero-order valence-corrected chi connectivity index (χ0v) is 14.9. The number of hydrogen-bond acceptors (Lipinski definition) is 3. The first-order chi connectivity index (χ1) is 10.7. The first-order valence-electron chi connectivity index (χ1n) is 9.28. The largest absolute Gasteiger partial charge is 0.379 e. The van der Waals surface area contributed by atoms with Crippen molar-refractivity contribution in [1.82, 2.24) is 10.2 Å². The fourth-order valence-electron chi connectivity index (χ4n) is 6.08. The van der Waals surface area contributed by atoms with Gasteiger partial charge in [-0.3, -0.25) is 9.69 Å². The zero-order valence-electron chi connectivity index (χ0n) is 14.1. The van der Waals surface area contributed by atoms with Crippen LogP contribution < -0.4 is 5.32 Å². The highest BCUT2D eigenvalue weighted by molar-refractivity contribution is 5.85. The van der Waals surface area contributed by atoms with E-state index in [1.54, 1.807) is 0 Å². The van der Waals surface area contributed by atoms with Gasteiger partial charge in [-0.25, -0.2) is 0 Å². The summed E-state index contributed by atoms with van der Waals surface area (Å²) in [4.78, 5) is 14.3. The molecule has 5 heteroatoms. The Labute approximate surface area is 146 Å². The predicted molar refractivity (Wildman–Crippen MR) is 92.7 cm³/mol. The number of hydrogen-bond donors (Lipinski definition) is 1. The number of halogens is 1. The quantitative estimate of drug-likeness (QED) is 0.834. The third kappa shape index (κ3) is 4.02. The summed E-state index contributed by atoms with van der Waals surface area (Å²) in [5, 5.41) is 3.18. The van der Waals surface area contributed by atoms with Crippen LogP contribution in [0.1, 0.15) is 44.9 Å². The molecule has 1 aliphatic heterocycles. The first kappa shape index (κ1) is 17.5. The van der Waals surface area contributed by atoms with Gasteiger partial charge in [-0.1, -0.05) is 0 Å². The van der Waals surface area contributed by atoms with Crippen molar-refractivity contribution >= 4 is 18.3 Å². The molecule has 0 unspecified atom stereocenters. The van der Waals surface area contributed by atoms with Crippen molar-refractivity contribution in [3.8, 4) is 0 Å². The van der Waals surface area contributed by atoms with Gasteiger partial charge in [-0.05, 0) is 68.1 Å². The Morgan fingerprint density at radius 1 is 1.04 bits per heavy atom. The number of ether oxygens (including phenoxy) is 1. The number of carbonyl (C=O) groups is 1. The molecule has 4 bridgehead atoms. The van der Waals surface area contributed by atoms with E-state index in [-0.39, 0.29) is 18.3 Å². The third-order valence-electron chi connectivity index (χ3n) is 6.61. The average Bonchev–Trinajstić information content (AvgIpc) is 2.46. The van der Waals surface area contributed by atoms with Gasteiger partial charge in [-0.2, -0.15) is 0 Å². The molecule has 0 radical (unpaired) electrons. The molecular formula is C18H31ClN2O2. The van der Waals surface area contributed by atoms with Gasteiger partial charge in [-0.15, -0.1) is 12.4 Å². The molecule has 4 nitrogen and oxygen atoms in total. The molecule has 1 N–H and O–H groups in total. The van der Waals surface area contributed by atoms with E-state index in [2.05, 4.69) is 10.2 Å². The van der Waals surface area contributed by atoms with Crippen LogP contribution in [0, 0.1) is 23.2 Å². The maximum Gasteiger partial charge on any atom is 0.234 e.